The van der Waals surface area contributed by atoms with Crippen LogP contribution in [0.15, 0.2) is 18.5 Å². The first-order valence-electron chi connectivity index (χ1n) is 4.52. The van der Waals surface area contributed by atoms with Crippen LogP contribution >= 0.6 is 0 Å². The summed E-state index contributed by atoms with van der Waals surface area (Å²) in [7, 11) is 0. The molecule has 0 saturated carbocycles. The van der Waals surface area contributed by atoms with Crippen LogP contribution in [0.3, 0.4) is 0 Å². The largest absolute Gasteiger partial charge is 2.00 e. The van der Waals surface area contributed by atoms with Gasteiger partial charge in [0, 0.05) is 11.9 Å². The zero-order chi connectivity index (χ0) is 12.8. The average Bonchev–Trinajstić information content (AvgIpc) is 2.32. The van der Waals surface area contributed by atoms with Crippen LogP contribution in [-0.2, 0) is 26.7 Å². The molecule has 1 radical (unpaired) electrons. The van der Waals surface area contributed by atoms with E-state index in [9.17, 15) is 19.8 Å². The summed E-state index contributed by atoms with van der Waals surface area (Å²) in [4.78, 5) is 18.5. The zero-order valence-electron chi connectivity index (χ0n) is 9.42. The fourth-order valence-electron chi connectivity index (χ4n) is 0.205. The van der Waals surface area contributed by atoms with Gasteiger partial charge in [-0.25, -0.2) is 0 Å². The van der Waals surface area contributed by atoms with Crippen molar-refractivity contribution < 1.29 is 36.9 Å². The van der Waals surface area contributed by atoms with Crippen LogP contribution < -0.4 is 10.2 Å². The van der Waals surface area contributed by atoms with E-state index in [4.69, 9.17) is 0 Å². The number of hydrogen-bond donors (Lipinski definition) is 0. The number of aliphatic carboxylic acids is 2. The maximum Gasteiger partial charge on any atom is 2.00 e. The third-order valence-corrected chi connectivity index (χ3v) is 0.986. The summed E-state index contributed by atoms with van der Waals surface area (Å²) in [6.07, 6.45) is 3.37. The molecular formula is C9H13CuN3O4. The second-order valence-corrected chi connectivity index (χ2v) is 2.26. The summed E-state index contributed by atoms with van der Waals surface area (Å²) in [5.41, 5.74) is 0. The van der Waals surface area contributed by atoms with E-state index in [1.807, 2.05) is 0 Å². The van der Waals surface area contributed by atoms with Crippen LogP contribution in [0, 0.1) is 0 Å². The van der Waals surface area contributed by atoms with Gasteiger partial charge in [0.1, 0.15) is 0 Å². The summed E-state index contributed by atoms with van der Waals surface area (Å²) in [6, 6.07) is 1.72. The van der Waals surface area contributed by atoms with Gasteiger partial charge in [0.2, 0.25) is 0 Å². The number of nitrogens with zero attached hydrogens (tertiary/aromatic N) is 3. The van der Waals surface area contributed by atoms with Crippen LogP contribution in [0.4, 0.5) is 0 Å². The normalized spacial score (nSPS) is 7.18. The van der Waals surface area contributed by atoms with Crippen molar-refractivity contribution in [2.75, 3.05) is 0 Å². The SMILES string of the molecule is CCC(=O)[O-].CCC(=O)[O-].[Cu+2].c1cnnnc1. The summed E-state index contributed by atoms with van der Waals surface area (Å²) in [5.74, 6) is -1.99. The third kappa shape index (κ3) is 31.4. The molecule has 1 heterocycles. The molecule has 0 aromatic carbocycles. The van der Waals surface area contributed by atoms with Crippen molar-refractivity contribution in [3.05, 3.63) is 18.5 Å². The average molecular weight is 291 g/mol. The predicted octanol–water partition coefficient (Wildman–Crippen LogP) is -1.84. The van der Waals surface area contributed by atoms with Crippen LogP contribution in [-0.4, -0.2) is 27.3 Å². The predicted molar refractivity (Wildman–Crippen MR) is 50.4 cm³/mol. The van der Waals surface area contributed by atoms with Gasteiger partial charge >= 0.3 is 17.1 Å². The first-order chi connectivity index (χ1) is 7.54. The molecular weight excluding hydrogens is 278 g/mol. The molecule has 7 nitrogen and oxygen atoms in total. The molecule has 0 saturated heterocycles. The van der Waals surface area contributed by atoms with Crippen LogP contribution in [0.25, 0.3) is 0 Å². The quantitative estimate of drug-likeness (QED) is 0.587. The fourth-order valence-corrected chi connectivity index (χ4v) is 0.205. The van der Waals surface area contributed by atoms with Crippen molar-refractivity contribution in [1.82, 2.24) is 15.4 Å². The minimum absolute atomic E-state index is 0. The number of hydrogen-bond acceptors (Lipinski definition) is 7. The minimum Gasteiger partial charge on any atom is -0.550 e. The standard InChI is InChI=1S/C3H3N3.2C3H6O2.Cu/c1-2-4-6-5-3-1;2*1-2-3(4)5;/h1-3H;2*2H2,1H3,(H,4,5);/q;;;+2/p-2. The number of carboxylic acids is 2. The van der Waals surface area contributed by atoms with E-state index >= 15 is 0 Å². The van der Waals surface area contributed by atoms with Crippen molar-refractivity contribution in [3.63, 3.8) is 0 Å². The summed E-state index contributed by atoms with van der Waals surface area (Å²) < 4.78 is 0. The molecule has 99 valence electrons. The topological polar surface area (TPSA) is 119 Å². The Labute approximate surface area is 110 Å². The van der Waals surface area contributed by atoms with Gasteiger partial charge in [-0.05, 0) is 24.1 Å². The molecule has 1 aromatic rings. The molecule has 0 unspecified atom stereocenters. The van der Waals surface area contributed by atoms with E-state index in [0.29, 0.717) is 0 Å². The monoisotopic (exact) mass is 290 g/mol. The van der Waals surface area contributed by atoms with Crippen molar-refractivity contribution in [2.24, 2.45) is 0 Å². The van der Waals surface area contributed by atoms with E-state index in [0.717, 1.165) is 0 Å². The van der Waals surface area contributed by atoms with E-state index in [-0.39, 0.29) is 29.9 Å². The number of carboxylic acid groups (broad SMARTS) is 2. The Morgan fingerprint density at radius 2 is 1.29 bits per heavy atom. The van der Waals surface area contributed by atoms with Gasteiger partial charge in [0.15, 0.2) is 0 Å². The fraction of sp³-hybridized carbons (Fsp3) is 0.444. The molecule has 1 aromatic heterocycles. The molecule has 0 aliphatic carbocycles. The van der Waals surface area contributed by atoms with Gasteiger partial charge < -0.3 is 19.8 Å². The first-order valence-corrected chi connectivity index (χ1v) is 4.52. The van der Waals surface area contributed by atoms with Gasteiger partial charge in [0.05, 0.1) is 12.4 Å². The maximum atomic E-state index is 9.26. The Balaban J connectivity index is -0.000000170. The van der Waals surface area contributed by atoms with Crippen molar-refractivity contribution >= 4 is 11.9 Å². The van der Waals surface area contributed by atoms with Gasteiger partial charge in [-0.2, -0.15) is 0 Å². The minimum atomic E-state index is -0.995. The molecule has 0 aliphatic heterocycles. The maximum absolute atomic E-state index is 9.26. The second kappa shape index (κ2) is 16.9. The number of rotatable bonds is 2. The Morgan fingerprint density at radius 3 is 1.35 bits per heavy atom. The number of aromatic nitrogens is 3. The molecule has 8 heteroatoms. The van der Waals surface area contributed by atoms with E-state index in [1.165, 1.54) is 13.8 Å². The Hall–Kier alpha value is -1.53. The Bertz CT molecular complexity index is 244. The Kier molecular flexibility index (Phi) is 20.7. The molecule has 0 aliphatic rings. The van der Waals surface area contributed by atoms with E-state index in [1.54, 1.807) is 18.5 Å². The third-order valence-electron chi connectivity index (χ3n) is 0.986. The molecule has 17 heavy (non-hydrogen) atoms. The molecule has 1 rings (SSSR count). The number of carbonyl (C=O) groups excluding carboxylic acids is 2. The van der Waals surface area contributed by atoms with Crippen LogP contribution in [0.1, 0.15) is 26.7 Å². The van der Waals surface area contributed by atoms with Crippen molar-refractivity contribution in [1.29, 1.82) is 0 Å². The number of carbonyl (C=O) groups is 2. The van der Waals surface area contributed by atoms with Gasteiger partial charge in [-0.1, -0.05) is 13.8 Å². The summed E-state index contributed by atoms with van der Waals surface area (Å²) in [6.45, 7) is 3.07. The van der Waals surface area contributed by atoms with Crippen LogP contribution in [0.2, 0.25) is 0 Å². The van der Waals surface area contributed by atoms with Crippen molar-refractivity contribution in [2.45, 2.75) is 26.7 Å². The molecule has 0 fully saturated rings. The molecule has 0 bridgehead atoms. The van der Waals surface area contributed by atoms with Gasteiger partial charge in [-0.3, -0.25) is 0 Å². The second-order valence-electron chi connectivity index (χ2n) is 2.26. The Morgan fingerprint density at radius 1 is 1.00 bits per heavy atom. The first kappa shape index (κ1) is 20.8. The van der Waals surface area contributed by atoms with Gasteiger partial charge in [-0.15, -0.1) is 10.2 Å². The summed E-state index contributed by atoms with van der Waals surface area (Å²) >= 11 is 0. The van der Waals surface area contributed by atoms with E-state index < -0.39 is 11.9 Å². The molecule has 0 atom stereocenters. The van der Waals surface area contributed by atoms with Crippen molar-refractivity contribution in [3.8, 4) is 0 Å². The van der Waals surface area contributed by atoms with E-state index in [2.05, 4.69) is 15.4 Å². The molecule has 0 spiro atoms. The summed E-state index contributed by atoms with van der Waals surface area (Å²) in [5, 5.41) is 28.6. The molecule has 0 N–H and O–H groups in total. The molecule has 0 amide bonds. The van der Waals surface area contributed by atoms with Gasteiger partial charge in [0.25, 0.3) is 0 Å². The van der Waals surface area contributed by atoms with Crippen LogP contribution in [0.5, 0.6) is 0 Å². The zero-order valence-corrected chi connectivity index (χ0v) is 10.4. The smallest absolute Gasteiger partial charge is 0.550 e.